The van der Waals surface area contributed by atoms with Gasteiger partial charge in [-0.1, -0.05) is 39.7 Å². The van der Waals surface area contributed by atoms with E-state index >= 15 is 0 Å². The third-order valence-electron chi connectivity index (χ3n) is 2.80. The van der Waals surface area contributed by atoms with Crippen LogP contribution in [-0.2, 0) is 4.79 Å². The third-order valence-corrected chi connectivity index (χ3v) is 3.63. The summed E-state index contributed by atoms with van der Waals surface area (Å²) in [5.74, 6) is -0.639. The van der Waals surface area contributed by atoms with Crippen LogP contribution in [0.4, 0.5) is 5.69 Å². The Labute approximate surface area is 135 Å². The van der Waals surface area contributed by atoms with Gasteiger partial charge in [-0.15, -0.1) is 0 Å². The van der Waals surface area contributed by atoms with Crippen molar-refractivity contribution < 1.29 is 9.59 Å². The molecule has 3 N–H and O–H groups in total. The molecule has 2 rings (SSSR count). The molecule has 0 bridgehead atoms. The van der Waals surface area contributed by atoms with Crippen molar-refractivity contribution in [3.05, 3.63) is 63.1 Å². The van der Waals surface area contributed by atoms with Gasteiger partial charge in [0, 0.05) is 15.6 Å². The molecule has 21 heavy (non-hydrogen) atoms. The Morgan fingerprint density at radius 1 is 1.14 bits per heavy atom. The molecular formula is C15H12BrClN2O2. The second kappa shape index (κ2) is 6.85. The highest BCUT2D eigenvalue weighted by atomic mass is 79.9. The summed E-state index contributed by atoms with van der Waals surface area (Å²) >= 11 is 9.37. The van der Waals surface area contributed by atoms with Gasteiger partial charge < -0.3 is 11.1 Å². The first kappa shape index (κ1) is 15.7. The zero-order valence-electron chi connectivity index (χ0n) is 10.9. The highest BCUT2D eigenvalue weighted by molar-refractivity contribution is 9.10. The molecule has 4 nitrogen and oxygen atoms in total. The Bertz CT molecular complexity index is 704. The van der Waals surface area contributed by atoms with Gasteiger partial charge in [-0.25, -0.2) is 0 Å². The molecule has 2 aromatic carbocycles. The second-order valence-corrected chi connectivity index (χ2v) is 5.57. The standard InChI is InChI=1S/C15H12BrClN2O2/c16-9-5-6-13(19-14(20)8-18)11(7-9)15(21)10-3-1-2-4-12(10)17/h1-7H,8,18H2,(H,19,20). The van der Waals surface area contributed by atoms with Crippen LogP contribution in [0.5, 0.6) is 0 Å². The van der Waals surface area contributed by atoms with Crippen LogP contribution in [-0.4, -0.2) is 18.2 Å². The summed E-state index contributed by atoms with van der Waals surface area (Å²) in [6, 6.07) is 11.8. The minimum absolute atomic E-state index is 0.157. The van der Waals surface area contributed by atoms with Crippen LogP contribution in [0.3, 0.4) is 0 Å². The summed E-state index contributed by atoms with van der Waals surface area (Å²) in [6.45, 7) is -0.157. The SMILES string of the molecule is NCC(=O)Nc1ccc(Br)cc1C(=O)c1ccccc1Cl. The Kier molecular flexibility index (Phi) is 5.12. The predicted molar refractivity (Wildman–Crippen MR) is 86.7 cm³/mol. The van der Waals surface area contributed by atoms with Gasteiger partial charge in [-0.05, 0) is 30.3 Å². The fraction of sp³-hybridized carbons (Fsp3) is 0.0667. The van der Waals surface area contributed by atoms with E-state index in [9.17, 15) is 9.59 Å². The maximum absolute atomic E-state index is 12.6. The summed E-state index contributed by atoms with van der Waals surface area (Å²) in [5, 5.41) is 2.97. The molecule has 1 amide bonds. The molecule has 2 aromatic rings. The van der Waals surface area contributed by atoms with Crippen molar-refractivity contribution in [3.8, 4) is 0 Å². The largest absolute Gasteiger partial charge is 0.324 e. The first-order chi connectivity index (χ1) is 10.0. The van der Waals surface area contributed by atoms with Crippen LogP contribution in [0.25, 0.3) is 0 Å². The zero-order valence-corrected chi connectivity index (χ0v) is 13.2. The third kappa shape index (κ3) is 3.69. The van der Waals surface area contributed by atoms with Gasteiger partial charge in [0.05, 0.1) is 17.3 Å². The van der Waals surface area contributed by atoms with Gasteiger partial charge in [0.25, 0.3) is 0 Å². The van der Waals surface area contributed by atoms with E-state index in [1.807, 2.05) is 0 Å². The fourth-order valence-corrected chi connectivity index (χ4v) is 2.39. The van der Waals surface area contributed by atoms with E-state index < -0.39 is 0 Å². The van der Waals surface area contributed by atoms with Crippen LogP contribution >= 0.6 is 27.5 Å². The van der Waals surface area contributed by atoms with Gasteiger partial charge in [0.15, 0.2) is 5.78 Å². The number of carbonyl (C=O) groups excluding carboxylic acids is 2. The number of amides is 1. The smallest absolute Gasteiger partial charge is 0.238 e. The Hall–Kier alpha value is -1.69. The summed E-state index contributed by atoms with van der Waals surface area (Å²) in [7, 11) is 0. The number of hydrogen-bond donors (Lipinski definition) is 2. The van der Waals surface area contributed by atoms with Gasteiger partial charge in [0.2, 0.25) is 5.91 Å². The molecule has 0 aliphatic rings. The summed E-state index contributed by atoms with van der Waals surface area (Å²) in [6.07, 6.45) is 0. The highest BCUT2D eigenvalue weighted by Gasteiger charge is 2.17. The van der Waals surface area contributed by atoms with E-state index in [-0.39, 0.29) is 18.2 Å². The van der Waals surface area contributed by atoms with E-state index in [4.69, 9.17) is 17.3 Å². The minimum atomic E-state index is -0.370. The van der Waals surface area contributed by atoms with E-state index in [1.165, 1.54) is 0 Å². The average molecular weight is 368 g/mol. The van der Waals surface area contributed by atoms with Crippen molar-refractivity contribution in [2.45, 2.75) is 0 Å². The van der Waals surface area contributed by atoms with Crippen LogP contribution in [0.15, 0.2) is 46.9 Å². The molecule has 0 radical (unpaired) electrons. The van der Waals surface area contributed by atoms with Crippen molar-refractivity contribution in [3.63, 3.8) is 0 Å². The average Bonchev–Trinajstić information content (AvgIpc) is 2.48. The predicted octanol–water partition coefficient (Wildman–Crippen LogP) is 3.23. The van der Waals surface area contributed by atoms with Crippen LogP contribution in [0.1, 0.15) is 15.9 Å². The quantitative estimate of drug-likeness (QED) is 0.815. The maximum atomic E-state index is 12.6. The Balaban J connectivity index is 2.47. The van der Waals surface area contributed by atoms with E-state index in [2.05, 4.69) is 21.2 Å². The van der Waals surface area contributed by atoms with Crippen LogP contribution in [0.2, 0.25) is 5.02 Å². The van der Waals surface area contributed by atoms with Crippen molar-refractivity contribution in [1.82, 2.24) is 0 Å². The number of carbonyl (C=O) groups is 2. The molecule has 0 aliphatic heterocycles. The van der Waals surface area contributed by atoms with Crippen molar-refractivity contribution in [2.24, 2.45) is 5.73 Å². The molecule has 0 unspecified atom stereocenters. The number of hydrogen-bond acceptors (Lipinski definition) is 3. The molecular weight excluding hydrogens is 356 g/mol. The van der Waals surface area contributed by atoms with Crippen molar-refractivity contribution in [2.75, 3.05) is 11.9 Å². The number of anilines is 1. The van der Waals surface area contributed by atoms with Gasteiger partial charge in [-0.3, -0.25) is 9.59 Å². The fourth-order valence-electron chi connectivity index (χ4n) is 1.81. The molecule has 0 aliphatic carbocycles. The van der Waals surface area contributed by atoms with Crippen molar-refractivity contribution >= 4 is 44.9 Å². The normalized spacial score (nSPS) is 10.2. The number of ketones is 1. The first-order valence-electron chi connectivity index (χ1n) is 6.11. The minimum Gasteiger partial charge on any atom is -0.324 e. The molecule has 0 atom stereocenters. The van der Waals surface area contributed by atoms with Crippen LogP contribution in [0, 0.1) is 0 Å². The first-order valence-corrected chi connectivity index (χ1v) is 7.28. The zero-order chi connectivity index (χ0) is 15.4. The number of benzene rings is 2. The second-order valence-electron chi connectivity index (χ2n) is 4.25. The van der Waals surface area contributed by atoms with Crippen LogP contribution < -0.4 is 11.1 Å². The lowest BCUT2D eigenvalue weighted by molar-refractivity contribution is -0.114. The number of halogens is 2. The maximum Gasteiger partial charge on any atom is 0.238 e. The number of rotatable bonds is 4. The summed E-state index contributed by atoms with van der Waals surface area (Å²) in [4.78, 5) is 24.1. The Morgan fingerprint density at radius 3 is 2.52 bits per heavy atom. The summed E-state index contributed by atoms with van der Waals surface area (Å²) < 4.78 is 0.726. The Morgan fingerprint density at radius 2 is 1.86 bits per heavy atom. The van der Waals surface area contributed by atoms with E-state index in [0.29, 0.717) is 21.8 Å². The summed E-state index contributed by atoms with van der Waals surface area (Å²) in [5.41, 5.74) is 6.41. The lowest BCUT2D eigenvalue weighted by atomic mass is 10.0. The molecule has 0 saturated heterocycles. The monoisotopic (exact) mass is 366 g/mol. The van der Waals surface area contributed by atoms with E-state index in [1.54, 1.807) is 42.5 Å². The lowest BCUT2D eigenvalue weighted by Gasteiger charge is -2.11. The molecule has 0 saturated carbocycles. The molecule has 0 heterocycles. The molecule has 0 fully saturated rings. The molecule has 0 spiro atoms. The molecule has 108 valence electrons. The lowest BCUT2D eigenvalue weighted by Crippen LogP contribution is -2.23. The highest BCUT2D eigenvalue weighted by Crippen LogP contribution is 2.26. The van der Waals surface area contributed by atoms with E-state index in [0.717, 1.165) is 4.47 Å². The van der Waals surface area contributed by atoms with Gasteiger partial charge in [-0.2, -0.15) is 0 Å². The molecule has 6 heteroatoms. The van der Waals surface area contributed by atoms with Gasteiger partial charge in [0.1, 0.15) is 0 Å². The number of nitrogens with two attached hydrogens (primary N) is 1. The van der Waals surface area contributed by atoms with Crippen molar-refractivity contribution in [1.29, 1.82) is 0 Å². The molecule has 0 aromatic heterocycles. The topological polar surface area (TPSA) is 72.2 Å². The van der Waals surface area contributed by atoms with Gasteiger partial charge >= 0.3 is 0 Å². The number of nitrogens with one attached hydrogen (secondary N) is 1.